The van der Waals surface area contributed by atoms with Crippen molar-refractivity contribution in [2.24, 2.45) is 0 Å². The maximum Gasteiger partial charge on any atom is 0.573 e. The summed E-state index contributed by atoms with van der Waals surface area (Å²) in [4.78, 5) is 17.0. The first kappa shape index (κ1) is 21.7. The molecular formula is C20H16BrF3N4O2S2. The SMILES string of the molecule is O=C(c1[nH]nc2c1CSc1sc(Br)cc1-2)N1CCN(c2ccc(OC(F)(F)F)cc2)CC1. The van der Waals surface area contributed by atoms with Crippen molar-refractivity contribution >= 4 is 50.6 Å². The van der Waals surface area contributed by atoms with Gasteiger partial charge in [-0.25, -0.2) is 0 Å². The monoisotopic (exact) mass is 544 g/mol. The zero-order valence-corrected chi connectivity index (χ0v) is 19.6. The number of rotatable bonds is 3. The molecule has 1 amide bonds. The fourth-order valence-corrected chi connectivity index (χ4v) is 7.05. The summed E-state index contributed by atoms with van der Waals surface area (Å²) in [6.45, 7) is 2.18. The topological polar surface area (TPSA) is 61.5 Å². The van der Waals surface area contributed by atoms with Crippen molar-refractivity contribution in [2.75, 3.05) is 31.1 Å². The van der Waals surface area contributed by atoms with Crippen molar-refractivity contribution in [1.29, 1.82) is 0 Å². The van der Waals surface area contributed by atoms with Crippen LogP contribution in [0.25, 0.3) is 11.3 Å². The third-order valence-electron chi connectivity index (χ3n) is 5.35. The van der Waals surface area contributed by atoms with E-state index in [0.29, 0.717) is 37.6 Å². The molecule has 1 aromatic carbocycles. The van der Waals surface area contributed by atoms with Crippen molar-refractivity contribution in [2.45, 2.75) is 16.3 Å². The Bertz CT molecular complexity index is 1150. The minimum atomic E-state index is -4.71. The number of carbonyl (C=O) groups excluding carboxylic acids is 1. The second-order valence-electron chi connectivity index (χ2n) is 7.29. The van der Waals surface area contributed by atoms with E-state index >= 15 is 0 Å². The highest BCUT2D eigenvalue weighted by molar-refractivity contribution is 9.11. The van der Waals surface area contributed by atoms with E-state index < -0.39 is 6.36 Å². The van der Waals surface area contributed by atoms with Crippen LogP contribution >= 0.6 is 39.0 Å². The first-order chi connectivity index (χ1) is 15.3. The summed E-state index contributed by atoms with van der Waals surface area (Å²) in [7, 11) is 0. The summed E-state index contributed by atoms with van der Waals surface area (Å²) >= 11 is 6.88. The number of aromatic amines is 1. The predicted molar refractivity (Wildman–Crippen MR) is 120 cm³/mol. The molecule has 12 heteroatoms. The first-order valence-corrected chi connectivity index (χ1v) is 12.3. The van der Waals surface area contributed by atoms with Crippen molar-refractivity contribution < 1.29 is 22.7 Å². The molecule has 2 aromatic heterocycles. The number of alkyl halides is 3. The molecule has 0 bridgehead atoms. The number of amides is 1. The molecule has 0 aliphatic carbocycles. The molecule has 4 heterocycles. The number of aromatic nitrogens is 2. The molecular weight excluding hydrogens is 529 g/mol. The van der Waals surface area contributed by atoms with Crippen molar-refractivity contribution in [1.82, 2.24) is 15.1 Å². The molecule has 0 saturated carbocycles. The fourth-order valence-electron chi connectivity index (χ4n) is 3.85. The van der Waals surface area contributed by atoms with Gasteiger partial charge < -0.3 is 14.5 Å². The van der Waals surface area contributed by atoms with Gasteiger partial charge in [-0.1, -0.05) is 0 Å². The van der Waals surface area contributed by atoms with Gasteiger partial charge in [0.15, 0.2) is 0 Å². The Kier molecular flexibility index (Phi) is 5.62. The van der Waals surface area contributed by atoms with Crippen LogP contribution in [0.15, 0.2) is 38.3 Å². The lowest BCUT2D eigenvalue weighted by atomic mass is 10.1. The van der Waals surface area contributed by atoms with E-state index in [0.717, 1.165) is 26.3 Å². The summed E-state index contributed by atoms with van der Waals surface area (Å²) < 4.78 is 43.1. The summed E-state index contributed by atoms with van der Waals surface area (Å²) in [5.41, 5.74) is 4.13. The number of halogens is 4. The highest BCUT2D eigenvalue weighted by Crippen LogP contribution is 2.47. The van der Waals surface area contributed by atoms with Crippen molar-refractivity contribution in [3.8, 4) is 17.0 Å². The third-order valence-corrected chi connectivity index (χ3v) is 8.31. The van der Waals surface area contributed by atoms with Crippen LogP contribution in [0.3, 0.4) is 0 Å². The molecule has 1 saturated heterocycles. The lowest BCUT2D eigenvalue weighted by Crippen LogP contribution is -2.49. The van der Waals surface area contributed by atoms with E-state index in [1.807, 2.05) is 11.0 Å². The number of ether oxygens (including phenoxy) is 1. The number of nitrogens with zero attached hydrogens (tertiary/aromatic N) is 3. The summed E-state index contributed by atoms with van der Waals surface area (Å²) in [5.74, 6) is 0.363. The molecule has 6 nitrogen and oxygen atoms in total. The third kappa shape index (κ3) is 4.23. The standard InChI is InChI=1S/C20H16BrF3N4O2S2/c21-15-9-13-16-14(10-31-19(13)32-15)17(26-25-16)18(29)28-7-5-27(6-8-28)11-1-3-12(4-2-11)30-20(22,23)24/h1-4,9H,5-8,10H2,(H,25,26). The lowest BCUT2D eigenvalue weighted by molar-refractivity contribution is -0.274. The van der Waals surface area contributed by atoms with Crippen LogP contribution < -0.4 is 9.64 Å². The minimum Gasteiger partial charge on any atom is -0.406 e. The van der Waals surface area contributed by atoms with Gasteiger partial charge in [-0.05, 0) is 46.3 Å². The molecule has 0 unspecified atom stereocenters. The number of H-pyrrole nitrogens is 1. The van der Waals surface area contributed by atoms with E-state index in [-0.39, 0.29) is 11.7 Å². The Hall–Kier alpha value is -2.18. The second-order valence-corrected chi connectivity index (χ2v) is 11.0. The molecule has 1 fully saturated rings. The van der Waals surface area contributed by atoms with Gasteiger partial charge in [0, 0.05) is 48.7 Å². The van der Waals surface area contributed by atoms with Crippen LogP contribution in [0.5, 0.6) is 5.75 Å². The van der Waals surface area contributed by atoms with E-state index in [1.54, 1.807) is 40.1 Å². The maximum absolute atomic E-state index is 13.2. The number of thiophene rings is 1. The van der Waals surface area contributed by atoms with Gasteiger partial charge in [0.25, 0.3) is 5.91 Å². The molecule has 3 aromatic rings. The molecule has 2 aliphatic heterocycles. The number of benzene rings is 1. The zero-order valence-electron chi connectivity index (χ0n) is 16.4. The largest absolute Gasteiger partial charge is 0.573 e. The normalized spacial score (nSPS) is 16.0. The average Bonchev–Trinajstić information content (AvgIpc) is 3.35. The zero-order chi connectivity index (χ0) is 22.5. The summed E-state index contributed by atoms with van der Waals surface area (Å²) in [6.07, 6.45) is -4.71. The van der Waals surface area contributed by atoms with Gasteiger partial charge in [-0.2, -0.15) is 5.10 Å². The van der Waals surface area contributed by atoms with Crippen LogP contribution in [0.4, 0.5) is 18.9 Å². The van der Waals surface area contributed by atoms with Gasteiger partial charge >= 0.3 is 6.36 Å². The van der Waals surface area contributed by atoms with Gasteiger partial charge in [0.1, 0.15) is 11.4 Å². The van der Waals surface area contributed by atoms with Crippen LogP contribution in [0, 0.1) is 0 Å². The van der Waals surface area contributed by atoms with Gasteiger partial charge in [0.2, 0.25) is 0 Å². The van der Waals surface area contributed by atoms with Crippen molar-refractivity contribution in [3.05, 3.63) is 45.4 Å². The van der Waals surface area contributed by atoms with Crippen LogP contribution in [-0.2, 0) is 5.75 Å². The Labute approximate surface area is 197 Å². The average molecular weight is 545 g/mol. The van der Waals surface area contributed by atoms with Gasteiger partial charge in [-0.15, -0.1) is 36.3 Å². The number of fused-ring (bicyclic) bond motifs is 3. The molecule has 2 aliphatic rings. The smallest absolute Gasteiger partial charge is 0.406 e. The quantitative estimate of drug-likeness (QED) is 0.480. The summed E-state index contributed by atoms with van der Waals surface area (Å²) in [6, 6.07) is 7.82. The Morgan fingerprint density at radius 2 is 1.88 bits per heavy atom. The number of hydrogen-bond acceptors (Lipinski definition) is 6. The van der Waals surface area contributed by atoms with E-state index in [9.17, 15) is 18.0 Å². The number of anilines is 1. The number of thioether (sulfide) groups is 1. The number of nitrogens with one attached hydrogen (secondary N) is 1. The predicted octanol–water partition coefficient (Wildman–Crippen LogP) is 5.37. The highest BCUT2D eigenvalue weighted by Gasteiger charge is 2.32. The number of hydrogen-bond donors (Lipinski definition) is 1. The maximum atomic E-state index is 13.2. The van der Waals surface area contributed by atoms with E-state index in [2.05, 4.69) is 30.9 Å². The van der Waals surface area contributed by atoms with E-state index in [4.69, 9.17) is 0 Å². The van der Waals surface area contributed by atoms with Gasteiger partial charge in [0.05, 0.1) is 13.7 Å². The molecule has 1 N–H and O–H groups in total. The van der Waals surface area contributed by atoms with Crippen LogP contribution in [0.2, 0.25) is 0 Å². The molecule has 0 spiro atoms. The Balaban J connectivity index is 1.25. The molecule has 32 heavy (non-hydrogen) atoms. The van der Waals surface area contributed by atoms with Crippen molar-refractivity contribution in [3.63, 3.8) is 0 Å². The Morgan fingerprint density at radius 1 is 1.16 bits per heavy atom. The van der Waals surface area contributed by atoms with Crippen LogP contribution in [0.1, 0.15) is 16.1 Å². The Morgan fingerprint density at radius 3 is 2.56 bits per heavy atom. The van der Waals surface area contributed by atoms with Gasteiger partial charge in [-0.3, -0.25) is 9.89 Å². The number of piperazine rings is 1. The molecule has 5 rings (SSSR count). The lowest BCUT2D eigenvalue weighted by Gasteiger charge is -2.36. The molecule has 0 atom stereocenters. The molecule has 168 valence electrons. The van der Waals surface area contributed by atoms with E-state index in [1.165, 1.54) is 16.3 Å². The number of carbonyl (C=O) groups is 1. The second kappa shape index (κ2) is 8.31. The van der Waals surface area contributed by atoms with Crippen LogP contribution in [-0.4, -0.2) is 53.5 Å². The first-order valence-electron chi connectivity index (χ1n) is 9.68. The highest BCUT2D eigenvalue weighted by atomic mass is 79.9. The minimum absolute atomic E-state index is 0.0781. The molecule has 0 radical (unpaired) electrons. The summed E-state index contributed by atoms with van der Waals surface area (Å²) in [5, 5.41) is 7.37. The fraction of sp³-hybridized carbons (Fsp3) is 0.300.